The Balaban J connectivity index is 2.35. The number of hydrogen-bond acceptors (Lipinski definition) is 5. The van der Waals surface area contributed by atoms with Gasteiger partial charge in [0.25, 0.3) is 0 Å². The number of urea groups is 1. The van der Waals surface area contributed by atoms with E-state index < -0.39 is 17.9 Å². The van der Waals surface area contributed by atoms with E-state index in [2.05, 4.69) is 10.3 Å². The number of carbonyl (C=O) groups excluding carboxylic acids is 2. The molecule has 1 rings (SSSR count). The van der Waals surface area contributed by atoms with Gasteiger partial charge in [-0.1, -0.05) is 0 Å². The fraction of sp³-hybridized carbons (Fsp3) is 0.400. The minimum Gasteiger partial charge on any atom is -0.481 e. The molecule has 0 saturated carbocycles. The molecule has 0 saturated heterocycles. The molecule has 0 aliphatic carbocycles. The van der Waals surface area contributed by atoms with Crippen molar-refractivity contribution in [2.75, 3.05) is 7.05 Å². The first-order chi connectivity index (χ1) is 8.49. The summed E-state index contributed by atoms with van der Waals surface area (Å²) in [6.07, 6.45) is -0.513. The van der Waals surface area contributed by atoms with E-state index in [4.69, 9.17) is 5.11 Å². The molecule has 0 fully saturated rings. The van der Waals surface area contributed by atoms with Crippen LogP contribution in [0.4, 0.5) is 4.79 Å². The van der Waals surface area contributed by atoms with Crippen LogP contribution in [0.5, 0.6) is 0 Å². The maximum Gasteiger partial charge on any atom is 0.324 e. The van der Waals surface area contributed by atoms with Crippen molar-refractivity contribution in [3.05, 3.63) is 16.6 Å². The van der Waals surface area contributed by atoms with Crippen LogP contribution in [0, 0.1) is 0 Å². The minimum absolute atomic E-state index is 0.217. The SMILES string of the molecule is CN(Cc1cscn1)C(=O)NC(=O)CCC(=O)O. The molecule has 98 valence electrons. The summed E-state index contributed by atoms with van der Waals surface area (Å²) in [5.41, 5.74) is 2.38. The molecule has 0 aromatic carbocycles. The number of carboxylic acid groups (broad SMARTS) is 1. The highest BCUT2D eigenvalue weighted by Crippen LogP contribution is 2.04. The predicted octanol–water partition coefficient (Wildman–Crippen LogP) is 0.676. The van der Waals surface area contributed by atoms with E-state index in [0.717, 1.165) is 5.69 Å². The molecule has 2 N–H and O–H groups in total. The largest absolute Gasteiger partial charge is 0.481 e. The second-order valence-electron chi connectivity index (χ2n) is 3.58. The summed E-state index contributed by atoms with van der Waals surface area (Å²) < 4.78 is 0. The number of imide groups is 1. The van der Waals surface area contributed by atoms with E-state index in [9.17, 15) is 14.4 Å². The Hall–Kier alpha value is -1.96. The molecule has 0 atom stereocenters. The number of rotatable bonds is 5. The van der Waals surface area contributed by atoms with Crippen LogP contribution in [0.3, 0.4) is 0 Å². The molecule has 1 aromatic rings. The molecular formula is C10H13N3O4S. The number of thiazole rings is 1. The van der Waals surface area contributed by atoms with Gasteiger partial charge in [0.2, 0.25) is 5.91 Å². The third kappa shape index (κ3) is 4.91. The number of carbonyl (C=O) groups is 3. The third-order valence-corrected chi connectivity index (χ3v) is 2.68. The standard InChI is InChI=1S/C10H13N3O4S/c1-13(4-7-5-18-6-11-7)10(17)12-8(14)2-3-9(15)16/h5-6H,2-4H2,1H3,(H,15,16)(H,12,14,17). The predicted molar refractivity (Wildman–Crippen MR) is 64.0 cm³/mol. The van der Waals surface area contributed by atoms with Crippen molar-refractivity contribution in [3.63, 3.8) is 0 Å². The molecule has 1 aromatic heterocycles. The fourth-order valence-electron chi connectivity index (χ4n) is 1.13. The van der Waals surface area contributed by atoms with Crippen LogP contribution < -0.4 is 5.32 Å². The number of hydrogen-bond donors (Lipinski definition) is 2. The molecule has 1 heterocycles. The Kier molecular flexibility index (Phi) is 5.25. The van der Waals surface area contributed by atoms with Crippen molar-refractivity contribution >= 4 is 29.2 Å². The summed E-state index contributed by atoms with van der Waals surface area (Å²) in [4.78, 5) is 38.3. The highest BCUT2D eigenvalue weighted by Gasteiger charge is 2.14. The van der Waals surface area contributed by atoms with Gasteiger partial charge in [-0.2, -0.15) is 0 Å². The second-order valence-corrected chi connectivity index (χ2v) is 4.30. The molecule has 0 spiro atoms. The first-order valence-electron chi connectivity index (χ1n) is 5.13. The van der Waals surface area contributed by atoms with Crippen molar-refractivity contribution < 1.29 is 19.5 Å². The van der Waals surface area contributed by atoms with Gasteiger partial charge in [-0.05, 0) is 0 Å². The normalized spacial score (nSPS) is 9.83. The maximum absolute atomic E-state index is 11.5. The molecule has 8 heteroatoms. The summed E-state index contributed by atoms with van der Waals surface area (Å²) in [6.45, 7) is 0.293. The zero-order valence-corrected chi connectivity index (χ0v) is 10.6. The average Bonchev–Trinajstić information content (AvgIpc) is 2.79. The van der Waals surface area contributed by atoms with Gasteiger partial charge in [-0.3, -0.25) is 14.9 Å². The Bertz CT molecular complexity index is 432. The van der Waals surface area contributed by atoms with Crippen LogP contribution in [0.1, 0.15) is 18.5 Å². The lowest BCUT2D eigenvalue weighted by Crippen LogP contribution is -2.40. The van der Waals surface area contributed by atoms with E-state index in [-0.39, 0.29) is 12.8 Å². The molecular weight excluding hydrogens is 258 g/mol. The van der Waals surface area contributed by atoms with E-state index in [1.165, 1.54) is 23.3 Å². The lowest BCUT2D eigenvalue weighted by molar-refractivity contribution is -0.138. The molecule has 3 amide bonds. The minimum atomic E-state index is -1.08. The van der Waals surface area contributed by atoms with Crippen molar-refractivity contribution in [3.8, 4) is 0 Å². The number of nitrogens with zero attached hydrogens (tertiary/aromatic N) is 2. The third-order valence-electron chi connectivity index (χ3n) is 2.04. The number of amides is 3. The highest BCUT2D eigenvalue weighted by atomic mass is 32.1. The van der Waals surface area contributed by atoms with Crippen molar-refractivity contribution in [1.82, 2.24) is 15.2 Å². The van der Waals surface area contributed by atoms with Gasteiger partial charge in [0, 0.05) is 18.8 Å². The van der Waals surface area contributed by atoms with Crippen LogP contribution in [-0.2, 0) is 16.1 Å². The van der Waals surface area contributed by atoms with Crippen molar-refractivity contribution in [2.45, 2.75) is 19.4 Å². The van der Waals surface area contributed by atoms with Crippen LogP contribution in [0.15, 0.2) is 10.9 Å². The van der Waals surface area contributed by atoms with Gasteiger partial charge < -0.3 is 10.0 Å². The molecule has 0 aliphatic rings. The average molecular weight is 271 g/mol. The Morgan fingerprint density at radius 2 is 2.17 bits per heavy atom. The summed E-state index contributed by atoms with van der Waals surface area (Å²) in [6, 6.07) is -0.571. The van der Waals surface area contributed by atoms with E-state index >= 15 is 0 Å². The zero-order valence-electron chi connectivity index (χ0n) is 9.75. The highest BCUT2D eigenvalue weighted by molar-refractivity contribution is 7.07. The molecule has 18 heavy (non-hydrogen) atoms. The Labute approximate surface area is 107 Å². The molecule has 0 bridgehead atoms. The van der Waals surface area contributed by atoms with Gasteiger partial charge in [-0.25, -0.2) is 9.78 Å². The summed E-state index contributed by atoms with van der Waals surface area (Å²) >= 11 is 1.42. The summed E-state index contributed by atoms with van der Waals surface area (Å²) in [5, 5.41) is 12.3. The quantitative estimate of drug-likeness (QED) is 0.820. The lowest BCUT2D eigenvalue weighted by atomic mass is 10.3. The van der Waals surface area contributed by atoms with Gasteiger partial charge in [0.1, 0.15) is 0 Å². The van der Waals surface area contributed by atoms with Crippen LogP contribution in [0.25, 0.3) is 0 Å². The fourth-order valence-corrected chi connectivity index (χ4v) is 1.68. The number of carboxylic acids is 1. The Morgan fingerprint density at radius 3 is 2.72 bits per heavy atom. The van der Waals surface area contributed by atoms with Gasteiger partial charge in [0.05, 0.1) is 24.2 Å². The molecule has 0 unspecified atom stereocenters. The van der Waals surface area contributed by atoms with E-state index in [0.29, 0.717) is 6.54 Å². The van der Waals surface area contributed by atoms with Crippen molar-refractivity contribution in [2.24, 2.45) is 0 Å². The maximum atomic E-state index is 11.5. The first kappa shape index (κ1) is 14.1. The van der Waals surface area contributed by atoms with Gasteiger partial charge in [-0.15, -0.1) is 11.3 Å². The number of aliphatic carboxylic acids is 1. The van der Waals surface area contributed by atoms with Crippen LogP contribution >= 0.6 is 11.3 Å². The summed E-state index contributed by atoms with van der Waals surface area (Å²) in [7, 11) is 1.53. The van der Waals surface area contributed by atoms with Gasteiger partial charge in [0.15, 0.2) is 0 Å². The number of nitrogens with one attached hydrogen (secondary N) is 1. The zero-order chi connectivity index (χ0) is 13.5. The van der Waals surface area contributed by atoms with Crippen LogP contribution in [0.2, 0.25) is 0 Å². The molecule has 0 aliphatic heterocycles. The van der Waals surface area contributed by atoms with Crippen LogP contribution in [-0.4, -0.2) is 39.9 Å². The molecule has 7 nitrogen and oxygen atoms in total. The second kappa shape index (κ2) is 6.70. The Morgan fingerprint density at radius 1 is 1.44 bits per heavy atom. The summed E-state index contributed by atoms with van der Waals surface area (Å²) in [5.74, 6) is -1.68. The monoisotopic (exact) mass is 271 g/mol. The first-order valence-corrected chi connectivity index (χ1v) is 6.07. The molecule has 0 radical (unpaired) electrons. The van der Waals surface area contributed by atoms with Crippen molar-refractivity contribution in [1.29, 1.82) is 0 Å². The van der Waals surface area contributed by atoms with Gasteiger partial charge >= 0.3 is 12.0 Å². The topological polar surface area (TPSA) is 99.6 Å². The smallest absolute Gasteiger partial charge is 0.324 e. The van der Waals surface area contributed by atoms with E-state index in [1.807, 2.05) is 0 Å². The lowest BCUT2D eigenvalue weighted by Gasteiger charge is -2.15. The number of aromatic nitrogens is 1. The van der Waals surface area contributed by atoms with E-state index in [1.54, 1.807) is 10.9 Å².